The Morgan fingerprint density at radius 2 is 1.83 bits per heavy atom. The Labute approximate surface area is 178 Å². The van der Waals surface area contributed by atoms with Gasteiger partial charge in [-0.15, -0.1) is 24.5 Å². The summed E-state index contributed by atoms with van der Waals surface area (Å²) in [5, 5.41) is 3.01. The molecule has 1 fully saturated rings. The van der Waals surface area contributed by atoms with E-state index in [0.29, 0.717) is 5.56 Å². The summed E-state index contributed by atoms with van der Waals surface area (Å²) in [5.74, 6) is 0.503. The topological polar surface area (TPSA) is 25.4 Å². The number of alkyl halides is 3. The Balaban J connectivity index is 1.52. The van der Waals surface area contributed by atoms with E-state index in [1.807, 2.05) is 24.3 Å². The Kier molecular flexibility index (Phi) is 6.11. The standard InChI is InChI=1S/C23H23F3N2OS/c1-16-5-4-10-28(13-16)14-20-15-30-22(27-20)19-8-2-6-17(11-19)18-7-3-9-21(12-18)29-23(24,25)26/h2-3,6-9,11-12,15-16H,4-5,10,13-14H2,1H3. The van der Waals surface area contributed by atoms with Crippen molar-refractivity contribution < 1.29 is 17.9 Å². The molecule has 0 spiro atoms. The molecule has 0 bridgehead atoms. The summed E-state index contributed by atoms with van der Waals surface area (Å²) in [7, 11) is 0. The van der Waals surface area contributed by atoms with Crippen molar-refractivity contribution in [2.45, 2.75) is 32.7 Å². The highest BCUT2D eigenvalue weighted by Gasteiger charge is 2.31. The van der Waals surface area contributed by atoms with Gasteiger partial charge < -0.3 is 4.74 Å². The van der Waals surface area contributed by atoms with Crippen molar-refractivity contribution in [2.24, 2.45) is 5.92 Å². The molecule has 1 atom stereocenters. The van der Waals surface area contributed by atoms with Crippen molar-refractivity contribution in [2.75, 3.05) is 13.1 Å². The largest absolute Gasteiger partial charge is 0.573 e. The summed E-state index contributed by atoms with van der Waals surface area (Å²) >= 11 is 1.60. The second-order valence-corrected chi connectivity index (χ2v) is 8.64. The fraction of sp³-hybridized carbons (Fsp3) is 0.348. The van der Waals surface area contributed by atoms with Gasteiger partial charge in [0.1, 0.15) is 10.8 Å². The highest BCUT2D eigenvalue weighted by atomic mass is 32.1. The van der Waals surface area contributed by atoms with Gasteiger partial charge >= 0.3 is 6.36 Å². The first-order valence-electron chi connectivity index (χ1n) is 9.99. The molecule has 4 rings (SSSR count). The van der Waals surface area contributed by atoms with E-state index in [0.717, 1.165) is 47.4 Å². The number of hydrogen-bond acceptors (Lipinski definition) is 4. The van der Waals surface area contributed by atoms with Crippen LogP contribution in [0.5, 0.6) is 5.75 Å². The van der Waals surface area contributed by atoms with Crippen LogP contribution in [-0.2, 0) is 6.54 Å². The maximum Gasteiger partial charge on any atom is 0.573 e. The second-order valence-electron chi connectivity index (χ2n) is 7.78. The molecule has 2 aromatic carbocycles. The Morgan fingerprint density at radius 3 is 2.60 bits per heavy atom. The fourth-order valence-corrected chi connectivity index (χ4v) is 4.68. The van der Waals surface area contributed by atoms with Gasteiger partial charge in [-0.25, -0.2) is 4.98 Å². The van der Waals surface area contributed by atoms with E-state index in [1.54, 1.807) is 23.5 Å². The summed E-state index contributed by atoms with van der Waals surface area (Å²) in [6.45, 7) is 5.37. The smallest absolute Gasteiger partial charge is 0.406 e. The highest BCUT2D eigenvalue weighted by Crippen LogP contribution is 2.32. The van der Waals surface area contributed by atoms with Crippen LogP contribution >= 0.6 is 11.3 Å². The molecular weight excluding hydrogens is 409 g/mol. The monoisotopic (exact) mass is 432 g/mol. The van der Waals surface area contributed by atoms with Crippen LogP contribution in [0, 0.1) is 5.92 Å². The SMILES string of the molecule is CC1CCCN(Cc2csc(-c3cccc(-c4cccc(OC(F)(F)F)c4)c3)n2)C1. The Morgan fingerprint density at radius 1 is 1.10 bits per heavy atom. The first-order valence-corrected chi connectivity index (χ1v) is 10.9. The van der Waals surface area contributed by atoms with E-state index in [4.69, 9.17) is 4.98 Å². The lowest BCUT2D eigenvalue weighted by Gasteiger charge is -2.30. The molecule has 0 saturated carbocycles. The van der Waals surface area contributed by atoms with E-state index in [-0.39, 0.29) is 5.75 Å². The van der Waals surface area contributed by atoms with Crippen LogP contribution in [-0.4, -0.2) is 29.3 Å². The molecule has 3 aromatic rings. The number of rotatable bonds is 5. The van der Waals surface area contributed by atoms with Gasteiger partial charge in [0.05, 0.1) is 5.69 Å². The molecule has 7 heteroatoms. The molecule has 3 nitrogen and oxygen atoms in total. The number of ether oxygens (including phenoxy) is 1. The predicted molar refractivity (Wildman–Crippen MR) is 113 cm³/mol. The zero-order valence-electron chi connectivity index (χ0n) is 16.7. The molecule has 1 aliphatic heterocycles. The van der Waals surface area contributed by atoms with Crippen LogP contribution < -0.4 is 4.74 Å². The lowest BCUT2D eigenvalue weighted by Crippen LogP contribution is -2.33. The van der Waals surface area contributed by atoms with Crippen molar-refractivity contribution >= 4 is 11.3 Å². The summed E-state index contributed by atoms with van der Waals surface area (Å²) < 4.78 is 41.6. The summed E-state index contributed by atoms with van der Waals surface area (Å²) in [6, 6.07) is 13.7. The van der Waals surface area contributed by atoms with E-state index in [9.17, 15) is 13.2 Å². The average Bonchev–Trinajstić information content (AvgIpc) is 3.15. The van der Waals surface area contributed by atoms with Crippen LogP contribution in [0.15, 0.2) is 53.9 Å². The van der Waals surface area contributed by atoms with E-state index in [2.05, 4.69) is 21.9 Å². The van der Waals surface area contributed by atoms with Gasteiger partial charge in [0.25, 0.3) is 0 Å². The first kappa shape index (κ1) is 20.9. The van der Waals surface area contributed by atoms with Crippen LogP contribution in [0.4, 0.5) is 13.2 Å². The predicted octanol–water partition coefficient (Wildman–Crippen LogP) is 6.61. The number of benzene rings is 2. The van der Waals surface area contributed by atoms with Crippen molar-refractivity contribution in [3.8, 4) is 27.4 Å². The summed E-state index contributed by atoms with van der Waals surface area (Å²) in [5.41, 5.74) is 3.51. The lowest BCUT2D eigenvalue weighted by atomic mass is 10.0. The fourth-order valence-electron chi connectivity index (χ4n) is 3.88. The minimum absolute atomic E-state index is 0.224. The third-order valence-electron chi connectivity index (χ3n) is 5.19. The molecule has 2 heterocycles. The number of piperidine rings is 1. The maximum absolute atomic E-state index is 12.5. The van der Waals surface area contributed by atoms with Gasteiger partial charge in [0.15, 0.2) is 0 Å². The highest BCUT2D eigenvalue weighted by molar-refractivity contribution is 7.13. The molecule has 30 heavy (non-hydrogen) atoms. The lowest BCUT2D eigenvalue weighted by molar-refractivity contribution is -0.274. The zero-order valence-corrected chi connectivity index (χ0v) is 17.5. The van der Waals surface area contributed by atoms with Crippen molar-refractivity contribution in [3.05, 3.63) is 59.6 Å². The molecule has 0 N–H and O–H groups in total. The number of likely N-dealkylation sites (tertiary alicyclic amines) is 1. The van der Waals surface area contributed by atoms with Crippen LogP contribution in [0.2, 0.25) is 0 Å². The second kappa shape index (κ2) is 8.78. The Bertz CT molecular complexity index is 1000. The summed E-state index contributed by atoms with van der Waals surface area (Å²) in [4.78, 5) is 7.26. The van der Waals surface area contributed by atoms with E-state index < -0.39 is 6.36 Å². The number of halogens is 3. The van der Waals surface area contributed by atoms with Gasteiger partial charge in [-0.3, -0.25) is 4.90 Å². The van der Waals surface area contributed by atoms with E-state index in [1.165, 1.54) is 25.0 Å². The quantitative estimate of drug-likeness (QED) is 0.454. The molecule has 0 radical (unpaired) electrons. The normalized spacial score (nSPS) is 17.8. The number of hydrogen-bond donors (Lipinski definition) is 0. The molecule has 1 aliphatic rings. The minimum Gasteiger partial charge on any atom is -0.406 e. The third kappa shape index (κ3) is 5.40. The molecular formula is C23H23F3N2OS. The van der Waals surface area contributed by atoms with Gasteiger partial charge in [-0.1, -0.05) is 37.3 Å². The minimum atomic E-state index is -4.70. The molecule has 0 amide bonds. The van der Waals surface area contributed by atoms with Crippen molar-refractivity contribution in [1.82, 2.24) is 9.88 Å². The molecule has 1 aromatic heterocycles. The third-order valence-corrected chi connectivity index (χ3v) is 6.13. The Hall–Kier alpha value is -2.38. The maximum atomic E-state index is 12.5. The molecule has 0 aliphatic carbocycles. The zero-order chi connectivity index (χ0) is 21.1. The average molecular weight is 433 g/mol. The van der Waals surface area contributed by atoms with Gasteiger partial charge in [0.2, 0.25) is 0 Å². The summed E-state index contributed by atoms with van der Waals surface area (Å²) in [6.07, 6.45) is -2.18. The van der Waals surface area contributed by atoms with Gasteiger partial charge in [0, 0.05) is 24.0 Å². The first-order chi connectivity index (χ1) is 14.4. The molecule has 1 unspecified atom stereocenters. The number of thiazole rings is 1. The van der Waals surface area contributed by atoms with Crippen molar-refractivity contribution in [3.63, 3.8) is 0 Å². The van der Waals surface area contributed by atoms with Gasteiger partial charge in [-0.05, 0) is 54.6 Å². The molecule has 1 saturated heterocycles. The van der Waals surface area contributed by atoms with Crippen LogP contribution in [0.1, 0.15) is 25.5 Å². The number of nitrogens with zero attached hydrogens (tertiary/aromatic N) is 2. The van der Waals surface area contributed by atoms with E-state index >= 15 is 0 Å². The molecule has 158 valence electrons. The van der Waals surface area contributed by atoms with Crippen LogP contribution in [0.25, 0.3) is 21.7 Å². The van der Waals surface area contributed by atoms with Crippen molar-refractivity contribution in [1.29, 1.82) is 0 Å². The van der Waals surface area contributed by atoms with Crippen LogP contribution in [0.3, 0.4) is 0 Å². The van der Waals surface area contributed by atoms with Gasteiger partial charge in [-0.2, -0.15) is 0 Å². The number of aromatic nitrogens is 1.